The zero-order valence-electron chi connectivity index (χ0n) is 7.37. The van der Waals surface area contributed by atoms with Crippen LogP contribution in [0, 0.1) is 6.92 Å². The van der Waals surface area contributed by atoms with E-state index in [0.717, 1.165) is 19.4 Å². The Kier molecular flexibility index (Phi) is 2.33. The molecule has 2 rings (SSSR count). The first kappa shape index (κ1) is 9.68. The topological polar surface area (TPSA) is 37.3 Å². The predicted molar refractivity (Wildman–Crippen MR) is 61.2 cm³/mol. The number of fused-ring (bicyclic) bond motifs is 1. The van der Waals surface area contributed by atoms with E-state index in [4.69, 9.17) is 5.11 Å². The molecule has 0 aliphatic carbocycles. The molecule has 4 heteroatoms. The van der Waals surface area contributed by atoms with Crippen LogP contribution >= 0.6 is 27.3 Å². The molecule has 2 nitrogen and oxygen atoms in total. The summed E-state index contributed by atoms with van der Waals surface area (Å²) in [6.45, 7) is 1.84. The summed E-state index contributed by atoms with van der Waals surface area (Å²) in [5.41, 5.74) is 0.428. The number of benzene rings is 1. The molecule has 1 N–H and O–H groups in total. The van der Waals surface area contributed by atoms with Gasteiger partial charge in [-0.2, -0.15) is 0 Å². The number of rotatable bonds is 1. The molecule has 0 aliphatic rings. The normalized spacial score (nSPS) is 10.7. The van der Waals surface area contributed by atoms with Crippen molar-refractivity contribution in [2.24, 2.45) is 0 Å². The third-order valence-electron chi connectivity index (χ3n) is 2.04. The molecule has 0 radical (unpaired) electrons. The summed E-state index contributed by atoms with van der Waals surface area (Å²) < 4.78 is 1.98. The Bertz CT molecular complexity index is 516. The molecule has 0 saturated carbocycles. The highest BCUT2D eigenvalue weighted by Gasteiger charge is 2.14. The first-order chi connectivity index (χ1) is 6.59. The molecular formula is C10H7BrO2S. The van der Waals surface area contributed by atoms with Crippen molar-refractivity contribution in [3.05, 3.63) is 33.1 Å². The Balaban J connectivity index is 2.84. The molecule has 2 aromatic rings. The zero-order chi connectivity index (χ0) is 10.3. The van der Waals surface area contributed by atoms with E-state index in [1.165, 1.54) is 11.3 Å². The van der Waals surface area contributed by atoms with Gasteiger partial charge in [-0.15, -0.1) is 11.3 Å². The van der Waals surface area contributed by atoms with Gasteiger partial charge in [0.1, 0.15) is 0 Å². The minimum atomic E-state index is -0.851. The molecule has 0 unspecified atom stereocenters. The average Bonchev–Trinajstić information content (AvgIpc) is 2.39. The number of halogens is 1. The van der Waals surface area contributed by atoms with Crippen molar-refractivity contribution in [3.63, 3.8) is 0 Å². The number of carboxylic acid groups (broad SMARTS) is 1. The summed E-state index contributed by atoms with van der Waals surface area (Å²) >= 11 is 4.87. The summed E-state index contributed by atoms with van der Waals surface area (Å²) in [5.74, 6) is -0.851. The number of carboxylic acids is 1. The van der Waals surface area contributed by atoms with Crippen molar-refractivity contribution in [3.8, 4) is 0 Å². The van der Waals surface area contributed by atoms with E-state index in [1.54, 1.807) is 0 Å². The zero-order valence-corrected chi connectivity index (χ0v) is 9.78. The van der Waals surface area contributed by atoms with Gasteiger partial charge < -0.3 is 5.11 Å². The van der Waals surface area contributed by atoms with E-state index in [9.17, 15) is 4.79 Å². The summed E-state index contributed by atoms with van der Waals surface area (Å²) in [6, 6.07) is 5.65. The van der Waals surface area contributed by atoms with Gasteiger partial charge in [-0.25, -0.2) is 4.79 Å². The highest BCUT2D eigenvalue weighted by Crippen LogP contribution is 2.32. The van der Waals surface area contributed by atoms with Crippen LogP contribution in [0.2, 0.25) is 0 Å². The number of aryl methyl sites for hydroxylation is 1. The monoisotopic (exact) mass is 270 g/mol. The fraction of sp³-hybridized carbons (Fsp3) is 0.100. The highest BCUT2D eigenvalue weighted by molar-refractivity contribution is 9.10. The summed E-state index contributed by atoms with van der Waals surface area (Å²) in [7, 11) is 0. The van der Waals surface area contributed by atoms with Gasteiger partial charge in [0.2, 0.25) is 0 Å². The molecule has 0 spiro atoms. The molecule has 0 fully saturated rings. The SMILES string of the molecule is Cc1sc2cc(Br)ccc2c1C(=O)O. The first-order valence-corrected chi connectivity index (χ1v) is 5.62. The maximum Gasteiger partial charge on any atom is 0.337 e. The van der Waals surface area contributed by atoms with Crippen molar-refractivity contribution in [2.45, 2.75) is 6.92 Å². The maximum atomic E-state index is 11.0. The third kappa shape index (κ3) is 1.44. The molecule has 0 atom stereocenters. The minimum Gasteiger partial charge on any atom is -0.478 e. The fourth-order valence-electron chi connectivity index (χ4n) is 1.46. The van der Waals surface area contributed by atoms with Crippen molar-refractivity contribution in [1.29, 1.82) is 0 Å². The molecule has 0 amide bonds. The lowest BCUT2D eigenvalue weighted by Gasteiger charge is -1.93. The standard InChI is InChI=1S/C10H7BrO2S/c1-5-9(10(12)13)7-3-2-6(11)4-8(7)14-5/h2-4H,1H3,(H,12,13). The Labute approximate surface area is 93.3 Å². The van der Waals surface area contributed by atoms with Crippen molar-refractivity contribution >= 4 is 43.3 Å². The van der Waals surface area contributed by atoms with Crippen LogP contribution in [0.15, 0.2) is 22.7 Å². The molecule has 14 heavy (non-hydrogen) atoms. The van der Waals surface area contributed by atoms with Crippen LogP contribution < -0.4 is 0 Å². The van der Waals surface area contributed by atoms with Crippen LogP contribution in [0.25, 0.3) is 10.1 Å². The van der Waals surface area contributed by atoms with E-state index in [-0.39, 0.29) is 0 Å². The number of thiophene rings is 1. The lowest BCUT2D eigenvalue weighted by molar-refractivity contribution is 0.0699. The van der Waals surface area contributed by atoms with E-state index in [2.05, 4.69) is 15.9 Å². The Morgan fingerprint density at radius 3 is 2.86 bits per heavy atom. The second-order valence-corrected chi connectivity index (χ2v) is 5.15. The van der Waals surface area contributed by atoms with Crippen LogP contribution in [-0.4, -0.2) is 11.1 Å². The number of hydrogen-bond donors (Lipinski definition) is 1. The van der Waals surface area contributed by atoms with Crippen LogP contribution in [0.1, 0.15) is 15.2 Å². The third-order valence-corrected chi connectivity index (χ3v) is 3.60. The molecule has 1 aromatic carbocycles. The molecule has 72 valence electrons. The number of carbonyl (C=O) groups is 1. The lowest BCUT2D eigenvalue weighted by atomic mass is 10.1. The smallest absolute Gasteiger partial charge is 0.337 e. The number of aromatic carboxylic acids is 1. The molecule has 0 aliphatic heterocycles. The second kappa shape index (κ2) is 3.37. The maximum absolute atomic E-state index is 11.0. The first-order valence-electron chi connectivity index (χ1n) is 4.01. The largest absolute Gasteiger partial charge is 0.478 e. The van der Waals surface area contributed by atoms with Crippen molar-refractivity contribution in [1.82, 2.24) is 0 Å². The van der Waals surface area contributed by atoms with Gasteiger partial charge in [0.05, 0.1) is 5.56 Å². The van der Waals surface area contributed by atoms with E-state index in [1.807, 2.05) is 25.1 Å². The molecule has 0 bridgehead atoms. The summed E-state index contributed by atoms with van der Waals surface area (Å²) in [4.78, 5) is 11.8. The quantitative estimate of drug-likeness (QED) is 0.859. The number of hydrogen-bond acceptors (Lipinski definition) is 2. The Morgan fingerprint density at radius 2 is 2.21 bits per heavy atom. The van der Waals surface area contributed by atoms with Gasteiger partial charge in [-0.1, -0.05) is 22.0 Å². The van der Waals surface area contributed by atoms with Crippen LogP contribution in [0.4, 0.5) is 0 Å². The van der Waals surface area contributed by atoms with Gasteiger partial charge in [-0.05, 0) is 19.1 Å². The van der Waals surface area contributed by atoms with Gasteiger partial charge in [0.25, 0.3) is 0 Å². The molecule has 1 aromatic heterocycles. The summed E-state index contributed by atoms with van der Waals surface area (Å²) in [6.07, 6.45) is 0. The van der Waals surface area contributed by atoms with Crippen LogP contribution in [0.3, 0.4) is 0 Å². The van der Waals surface area contributed by atoms with E-state index >= 15 is 0 Å². The van der Waals surface area contributed by atoms with Crippen molar-refractivity contribution < 1.29 is 9.90 Å². The predicted octanol–water partition coefficient (Wildman–Crippen LogP) is 3.67. The molecular weight excluding hydrogens is 264 g/mol. The second-order valence-electron chi connectivity index (χ2n) is 2.98. The molecule has 1 heterocycles. The Morgan fingerprint density at radius 1 is 1.50 bits per heavy atom. The van der Waals surface area contributed by atoms with Gasteiger partial charge in [-0.3, -0.25) is 0 Å². The van der Waals surface area contributed by atoms with Gasteiger partial charge >= 0.3 is 5.97 Å². The summed E-state index contributed by atoms with van der Waals surface area (Å²) in [5, 5.41) is 9.84. The van der Waals surface area contributed by atoms with Gasteiger partial charge in [0.15, 0.2) is 0 Å². The lowest BCUT2D eigenvalue weighted by Crippen LogP contribution is -1.95. The van der Waals surface area contributed by atoms with E-state index < -0.39 is 5.97 Å². The fourth-order valence-corrected chi connectivity index (χ4v) is 3.07. The molecule has 0 saturated heterocycles. The minimum absolute atomic E-state index is 0.428. The van der Waals surface area contributed by atoms with E-state index in [0.29, 0.717) is 5.56 Å². The van der Waals surface area contributed by atoms with Gasteiger partial charge in [0, 0.05) is 19.4 Å². The average molecular weight is 271 g/mol. The Hall–Kier alpha value is -0.870. The van der Waals surface area contributed by atoms with Crippen LogP contribution in [0.5, 0.6) is 0 Å². The van der Waals surface area contributed by atoms with Crippen molar-refractivity contribution in [2.75, 3.05) is 0 Å². The van der Waals surface area contributed by atoms with Crippen LogP contribution in [-0.2, 0) is 0 Å². The highest BCUT2D eigenvalue weighted by atomic mass is 79.9.